The third-order valence-corrected chi connectivity index (χ3v) is 17.0. The van der Waals surface area contributed by atoms with Gasteiger partial charge in [0.25, 0.3) is 5.91 Å². The first kappa shape index (κ1) is 59.6. The lowest BCUT2D eigenvalue weighted by Gasteiger charge is -2.38. The van der Waals surface area contributed by atoms with Gasteiger partial charge < -0.3 is 30.7 Å². The lowest BCUT2D eigenvalue weighted by atomic mass is 9.79. The highest BCUT2D eigenvalue weighted by Gasteiger charge is 2.38. The van der Waals surface area contributed by atoms with Crippen LogP contribution in [0.25, 0.3) is 0 Å². The maximum absolute atomic E-state index is 14.5. The predicted octanol–water partition coefficient (Wildman–Crippen LogP) is 8.21. The third kappa shape index (κ3) is 19.8. The smallest absolute Gasteiger partial charge is 0.426 e. The molecule has 16 nitrogen and oxygen atoms in total. The fourth-order valence-electron chi connectivity index (χ4n) is 9.28. The van der Waals surface area contributed by atoms with Gasteiger partial charge >= 0.3 is 12.1 Å². The zero-order valence-corrected chi connectivity index (χ0v) is 45.5. The van der Waals surface area contributed by atoms with Crippen molar-refractivity contribution in [3.8, 4) is 0 Å². The highest BCUT2D eigenvalue weighted by atomic mass is 33.1. The number of nitrogens with two attached hydrogens (primary N) is 1. The summed E-state index contributed by atoms with van der Waals surface area (Å²) in [6.07, 6.45) is 13.3. The first-order valence-corrected chi connectivity index (χ1v) is 29.1. The van der Waals surface area contributed by atoms with E-state index in [0.717, 1.165) is 62.3 Å². The average molecular weight is 1050 g/mol. The standard InChI is InChI=1S/C51H81FN8O8S3/c1-8-34(4)45(56-48(64)42-20-16-18-24-59(42)6)50(65)60(7)43(33(2)3)31-44(68-35(5)61)49-55-41(32-69-49)47(63)54-38-28-36-21-22-37(52)29-39(36)40(30-38)46(62)57-58-51(66)67-25-27-71-70-26-19-15-13-11-9-10-12-14-17-23-53/h21-22,29,32-34,38,40,42-45H,8-20,23-28,30-31,53H2,1-7H3,(H,54,63)(H,56,64)(H,57,62)(H,58,66)/t34-,38-,40+,42+,43+,44+,45?/m0/s1. The quantitative estimate of drug-likeness (QED) is 0.0225. The van der Waals surface area contributed by atoms with Gasteiger partial charge in [0.2, 0.25) is 17.7 Å². The van der Waals surface area contributed by atoms with Crippen LogP contribution in [0.5, 0.6) is 0 Å². The van der Waals surface area contributed by atoms with Crippen LogP contribution in [0, 0.1) is 17.7 Å². The normalized spacial score (nSPS) is 18.6. The van der Waals surface area contributed by atoms with E-state index in [9.17, 15) is 33.2 Å². The zero-order chi connectivity index (χ0) is 51.9. The molecular formula is C51H81FN8O8S3. The molecule has 1 fully saturated rings. The Morgan fingerprint density at radius 3 is 2.31 bits per heavy atom. The third-order valence-electron chi connectivity index (χ3n) is 13.6. The molecule has 1 saturated heterocycles. The van der Waals surface area contributed by atoms with Crippen molar-refractivity contribution >= 4 is 68.6 Å². The molecule has 5 amide bonds. The van der Waals surface area contributed by atoms with Crippen molar-refractivity contribution in [2.45, 2.75) is 174 Å². The molecule has 4 rings (SSSR count). The molecule has 2 aromatic rings. The van der Waals surface area contributed by atoms with E-state index in [1.165, 1.54) is 64.0 Å². The highest BCUT2D eigenvalue weighted by Crippen LogP contribution is 2.34. The topological polar surface area (TPSA) is 214 Å². The summed E-state index contributed by atoms with van der Waals surface area (Å²) < 4.78 is 25.6. The van der Waals surface area contributed by atoms with E-state index in [1.54, 1.807) is 45.0 Å². The van der Waals surface area contributed by atoms with E-state index >= 15 is 0 Å². The minimum atomic E-state index is -0.915. The molecule has 0 spiro atoms. The molecule has 71 heavy (non-hydrogen) atoms. The lowest BCUT2D eigenvalue weighted by Crippen LogP contribution is -2.58. The molecule has 2 aliphatic rings. The maximum atomic E-state index is 14.5. The molecule has 0 saturated carbocycles. The van der Waals surface area contributed by atoms with Gasteiger partial charge in [-0.2, -0.15) is 0 Å². The van der Waals surface area contributed by atoms with Gasteiger partial charge in [-0.1, -0.05) is 113 Å². The van der Waals surface area contributed by atoms with Crippen LogP contribution >= 0.6 is 32.9 Å². The molecule has 1 unspecified atom stereocenters. The molecule has 7 atom stereocenters. The number of aromatic nitrogens is 1. The summed E-state index contributed by atoms with van der Waals surface area (Å²) in [5.74, 6) is -2.12. The Balaban J connectivity index is 1.31. The summed E-state index contributed by atoms with van der Waals surface area (Å²) in [7, 11) is 7.02. The number of ether oxygens (including phenoxy) is 2. The number of halogens is 1. The van der Waals surface area contributed by atoms with Crippen LogP contribution in [-0.4, -0.2) is 120 Å². The summed E-state index contributed by atoms with van der Waals surface area (Å²) >= 11 is 1.15. The number of amides is 5. The van der Waals surface area contributed by atoms with Gasteiger partial charge in [0, 0.05) is 49.4 Å². The number of benzene rings is 1. The van der Waals surface area contributed by atoms with Crippen LogP contribution in [-0.2, 0) is 35.1 Å². The number of esters is 1. The van der Waals surface area contributed by atoms with Crippen molar-refractivity contribution in [1.29, 1.82) is 0 Å². The molecule has 1 aromatic heterocycles. The van der Waals surface area contributed by atoms with E-state index in [1.807, 2.05) is 39.6 Å². The summed E-state index contributed by atoms with van der Waals surface area (Å²) in [5, 5.41) is 7.99. The number of rotatable bonds is 29. The number of hydrazine groups is 1. The fraction of sp³-hybridized carbons (Fsp3) is 0.706. The average Bonchev–Trinajstić information content (AvgIpc) is 3.85. The molecule has 1 aromatic carbocycles. The van der Waals surface area contributed by atoms with Crippen LogP contribution in [0.2, 0.25) is 0 Å². The Bertz CT molecular complexity index is 2010. The number of piperidine rings is 1. The van der Waals surface area contributed by atoms with Crippen LogP contribution in [0.15, 0.2) is 23.6 Å². The van der Waals surface area contributed by atoms with Crippen molar-refractivity contribution < 1.29 is 42.6 Å². The van der Waals surface area contributed by atoms with Gasteiger partial charge in [0.15, 0.2) is 6.10 Å². The Morgan fingerprint density at radius 1 is 0.958 bits per heavy atom. The monoisotopic (exact) mass is 1050 g/mol. The minimum absolute atomic E-state index is 0.0719. The molecule has 2 heterocycles. The van der Waals surface area contributed by atoms with Crippen molar-refractivity contribution in [3.05, 3.63) is 51.2 Å². The molecule has 1 aliphatic carbocycles. The van der Waals surface area contributed by atoms with E-state index in [-0.39, 0.29) is 54.8 Å². The fourth-order valence-corrected chi connectivity index (χ4v) is 12.1. The van der Waals surface area contributed by atoms with Crippen LogP contribution in [0.4, 0.5) is 9.18 Å². The summed E-state index contributed by atoms with van der Waals surface area (Å²) in [5.41, 5.74) is 11.5. The van der Waals surface area contributed by atoms with Gasteiger partial charge in [-0.25, -0.2) is 19.6 Å². The molecule has 0 radical (unpaired) electrons. The van der Waals surface area contributed by atoms with E-state index in [2.05, 4.69) is 26.5 Å². The van der Waals surface area contributed by atoms with Crippen molar-refractivity contribution in [2.75, 3.05) is 45.3 Å². The number of nitrogens with one attached hydrogen (secondary N) is 4. The first-order chi connectivity index (χ1) is 34.0. The zero-order valence-electron chi connectivity index (χ0n) is 43.1. The predicted molar refractivity (Wildman–Crippen MR) is 281 cm³/mol. The Kier molecular flexibility index (Phi) is 26.5. The summed E-state index contributed by atoms with van der Waals surface area (Å²) in [6, 6.07) is 2.11. The number of nitrogens with zero attached hydrogens (tertiary/aromatic N) is 3. The number of carbonyl (C=O) groups is 6. The lowest BCUT2D eigenvalue weighted by molar-refractivity contribution is -0.149. The van der Waals surface area contributed by atoms with Gasteiger partial charge in [-0.05, 0) is 93.8 Å². The van der Waals surface area contributed by atoms with Crippen LogP contribution < -0.4 is 27.2 Å². The van der Waals surface area contributed by atoms with Gasteiger partial charge in [0.05, 0.1) is 12.0 Å². The second-order valence-corrected chi connectivity index (χ2v) is 23.0. The molecule has 398 valence electrons. The molecule has 6 N–H and O–H groups in total. The minimum Gasteiger partial charge on any atom is -0.455 e. The number of thiazole rings is 1. The Labute approximate surface area is 433 Å². The second kappa shape index (κ2) is 31.6. The number of hydrogen-bond donors (Lipinski definition) is 5. The van der Waals surface area contributed by atoms with Crippen molar-refractivity contribution in [1.82, 2.24) is 36.3 Å². The SMILES string of the molecule is CC[C@H](C)C(NC(=O)[C@H]1CCCCN1C)C(=O)N(C)[C@H](C[C@@H](OC(C)=O)c1nc(C(=O)N[C@H]2Cc3ccc(F)cc3[C@H](C(=O)NNC(=O)OCCSSCCCCCCCCCCCN)C2)cs1)C(C)C. The number of unbranched alkanes of at least 4 members (excludes halogenated alkanes) is 8. The van der Waals surface area contributed by atoms with Crippen LogP contribution in [0.1, 0.15) is 170 Å². The second-order valence-electron chi connectivity index (χ2n) is 19.4. The van der Waals surface area contributed by atoms with E-state index in [0.29, 0.717) is 34.7 Å². The van der Waals surface area contributed by atoms with Gasteiger partial charge in [-0.3, -0.25) is 34.3 Å². The largest absolute Gasteiger partial charge is 0.455 e. The maximum Gasteiger partial charge on any atom is 0.426 e. The number of fused-ring (bicyclic) bond motifs is 1. The molecule has 20 heteroatoms. The Hall–Kier alpha value is -3.98. The first-order valence-electron chi connectivity index (χ1n) is 25.7. The summed E-state index contributed by atoms with van der Waals surface area (Å²) in [6.45, 7) is 10.9. The Morgan fingerprint density at radius 2 is 1.65 bits per heavy atom. The van der Waals surface area contributed by atoms with Crippen molar-refractivity contribution in [2.24, 2.45) is 17.6 Å². The van der Waals surface area contributed by atoms with Gasteiger partial charge in [-0.15, -0.1) is 11.3 Å². The molecular weight excluding hydrogens is 968 g/mol. The number of likely N-dealkylation sites (tertiary alicyclic amines) is 1. The van der Waals surface area contributed by atoms with Crippen LogP contribution in [0.3, 0.4) is 0 Å². The molecule has 0 bridgehead atoms. The van der Waals surface area contributed by atoms with E-state index < -0.39 is 59.8 Å². The number of likely N-dealkylation sites (N-methyl/N-ethyl adjacent to an activating group) is 2. The summed E-state index contributed by atoms with van der Waals surface area (Å²) in [4.78, 5) is 88.5. The van der Waals surface area contributed by atoms with E-state index in [4.69, 9.17) is 15.2 Å². The molecule has 1 aliphatic heterocycles. The number of hydrogen-bond acceptors (Lipinski definition) is 14. The number of carbonyl (C=O) groups excluding carboxylic acids is 6. The van der Waals surface area contributed by atoms with Gasteiger partial charge in [0.1, 0.15) is 29.2 Å². The highest BCUT2D eigenvalue weighted by molar-refractivity contribution is 8.76. The van der Waals surface area contributed by atoms with Crippen molar-refractivity contribution in [3.63, 3.8) is 0 Å².